The van der Waals surface area contributed by atoms with E-state index >= 15 is 0 Å². The first-order valence-corrected chi connectivity index (χ1v) is 28.0. The average Bonchev–Trinajstić information content (AvgIpc) is 4.23. The number of thiophene rings is 1. The summed E-state index contributed by atoms with van der Waals surface area (Å²) < 4.78 is 22.6. The number of furan rings is 1. The summed E-state index contributed by atoms with van der Waals surface area (Å²) in [6.07, 6.45) is 18.8. The van der Waals surface area contributed by atoms with Crippen molar-refractivity contribution in [3.63, 3.8) is 0 Å². The van der Waals surface area contributed by atoms with Crippen molar-refractivity contribution in [1.82, 2.24) is 50.0 Å². The molecule has 0 saturated carbocycles. The number of pyridine rings is 3. The fraction of sp³-hybridized carbons (Fsp3) is 0.361. The van der Waals surface area contributed by atoms with Crippen LogP contribution >= 0.6 is 23.7 Å². The lowest BCUT2D eigenvalue weighted by Gasteiger charge is -2.35. The molecule has 3 aliphatic heterocycles. The topological polar surface area (TPSA) is 207 Å². The molecule has 0 bridgehead atoms. The highest BCUT2D eigenvalue weighted by molar-refractivity contribution is 7.16. The molecule has 20 heteroatoms. The molecular weight excluding hydrogens is 1060 g/mol. The molecule has 0 amide bonds. The van der Waals surface area contributed by atoms with Gasteiger partial charge in [0.2, 0.25) is 17.8 Å². The van der Waals surface area contributed by atoms with Crippen molar-refractivity contribution in [3.05, 3.63) is 138 Å². The van der Waals surface area contributed by atoms with Crippen LogP contribution in [0, 0.1) is 45.9 Å². The van der Waals surface area contributed by atoms with E-state index < -0.39 is 0 Å². The summed E-state index contributed by atoms with van der Waals surface area (Å²) in [5, 5.41) is 13.4. The van der Waals surface area contributed by atoms with Crippen LogP contribution in [0.4, 0.5) is 17.8 Å². The van der Waals surface area contributed by atoms with Crippen molar-refractivity contribution in [2.24, 2.45) is 0 Å². The van der Waals surface area contributed by atoms with Gasteiger partial charge in [0.05, 0.1) is 63.9 Å². The van der Waals surface area contributed by atoms with Crippen molar-refractivity contribution in [2.45, 2.75) is 106 Å². The summed E-state index contributed by atoms with van der Waals surface area (Å²) in [4.78, 5) is 49.9. The highest BCUT2D eigenvalue weighted by Gasteiger charge is 2.28. The highest BCUT2D eigenvalue weighted by Crippen LogP contribution is 2.38. The molecule has 18 nitrogen and oxygen atoms in total. The molecule has 3 fully saturated rings. The number of ether oxygens (including phenoxy) is 2. The SMILES string of the molecule is Cc1cc(-c2cnc(N3C[C@@H](C)O[C@@H](C)C3)nc2-c2c(C)noc2C)ccn1.Cc1cc(-c2cnc(N3C[C@@H](C)O[C@@H](C)C3)nc2-c2ccc(C#N)s2)ccn1.Cc1occc1-c1nc(N2CCCCC2)ncc1-c1cccnc1.Cl. The number of nitrogens with zero attached hydrogens (tertiary/aromatic N) is 14. The number of aryl methyl sites for hydroxylation is 5. The Morgan fingerprint density at radius 2 is 1.10 bits per heavy atom. The summed E-state index contributed by atoms with van der Waals surface area (Å²) >= 11 is 1.45. The summed E-state index contributed by atoms with van der Waals surface area (Å²) in [7, 11) is 0. The third-order valence-corrected chi connectivity index (χ3v) is 15.1. The summed E-state index contributed by atoms with van der Waals surface area (Å²) in [5.74, 6) is 3.81. The van der Waals surface area contributed by atoms with Gasteiger partial charge in [0, 0.05) is 122 Å². The van der Waals surface area contributed by atoms with Crippen LogP contribution in [0.3, 0.4) is 0 Å². The predicted octanol–water partition coefficient (Wildman–Crippen LogP) is 12.3. The summed E-state index contributed by atoms with van der Waals surface area (Å²) in [6.45, 7) is 23.1. The number of rotatable bonds is 9. The lowest BCUT2D eigenvalue weighted by atomic mass is 10.00. The van der Waals surface area contributed by atoms with Crippen LogP contribution in [0.15, 0.2) is 113 Å². The van der Waals surface area contributed by atoms with Gasteiger partial charge < -0.3 is 33.1 Å². The van der Waals surface area contributed by atoms with Crippen LogP contribution < -0.4 is 14.7 Å². The van der Waals surface area contributed by atoms with Gasteiger partial charge in [-0.05, 0) is 141 Å². The van der Waals surface area contributed by atoms with Crippen LogP contribution in [0.25, 0.3) is 66.5 Å². The second-order valence-electron chi connectivity index (χ2n) is 20.6. The molecule has 4 atom stereocenters. The van der Waals surface area contributed by atoms with Crippen molar-refractivity contribution in [3.8, 4) is 72.5 Å². The third-order valence-electron chi connectivity index (χ3n) is 14.1. The van der Waals surface area contributed by atoms with E-state index in [4.69, 9.17) is 38.3 Å². The van der Waals surface area contributed by atoms with Gasteiger partial charge in [0.15, 0.2) is 0 Å². The number of aromatic nitrogens is 10. The van der Waals surface area contributed by atoms with Crippen LogP contribution in [-0.4, -0.2) is 114 Å². The maximum atomic E-state index is 9.23. The van der Waals surface area contributed by atoms with Gasteiger partial charge in [-0.15, -0.1) is 23.7 Å². The van der Waals surface area contributed by atoms with Gasteiger partial charge in [-0.25, -0.2) is 29.9 Å². The molecule has 12 heterocycles. The van der Waals surface area contributed by atoms with Gasteiger partial charge in [-0.2, -0.15) is 5.26 Å². The van der Waals surface area contributed by atoms with Crippen molar-refractivity contribution >= 4 is 41.6 Å². The molecule has 0 N–H and O–H groups in total. The lowest BCUT2D eigenvalue weighted by molar-refractivity contribution is -0.00597. The van der Waals surface area contributed by atoms with E-state index in [1.165, 1.54) is 30.6 Å². The molecule has 3 aliphatic rings. The van der Waals surface area contributed by atoms with Crippen LogP contribution in [-0.2, 0) is 9.47 Å². The Labute approximate surface area is 483 Å². The molecule has 0 unspecified atom stereocenters. The zero-order valence-corrected chi connectivity index (χ0v) is 48.8. The highest BCUT2D eigenvalue weighted by atomic mass is 35.5. The van der Waals surface area contributed by atoms with E-state index in [1.54, 1.807) is 24.9 Å². The molecule has 0 spiro atoms. The van der Waals surface area contributed by atoms with E-state index in [2.05, 4.69) is 78.5 Å². The number of piperidine rings is 1. The number of hydrogen-bond donors (Lipinski definition) is 0. The van der Waals surface area contributed by atoms with E-state index in [0.29, 0.717) is 16.8 Å². The number of nitriles is 1. The van der Waals surface area contributed by atoms with Crippen molar-refractivity contribution in [1.29, 1.82) is 5.26 Å². The Morgan fingerprint density at radius 1 is 0.556 bits per heavy atom. The molecule has 0 aromatic carbocycles. The minimum absolute atomic E-state index is 0. The number of halogens is 1. The molecule has 3 saturated heterocycles. The molecular formula is C61H67ClN14O4S. The quantitative estimate of drug-likeness (QED) is 0.132. The second kappa shape index (κ2) is 26.1. The molecule has 418 valence electrons. The number of hydrogen-bond acceptors (Lipinski definition) is 19. The van der Waals surface area contributed by atoms with Gasteiger partial charge in [0.25, 0.3) is 0 Å². The minimum atomic E-state index is 0. The first kappa shape index (κ1) is 57.7. The second-order valence-corrected chi connectivity index (χ2v) is 21.7. The summed E-state index contributed by atoms with van der Waals surface area (Å²) in [5.41, 5.74) is 13.1. The first-order valence-electron chi connectivity index (χ1n) is 27.2. The Hall–Kier alpha value is -8.02. The maximum absolute atomic E-state index is 9.23. The van der Waals surface area contributed by atoms with Gasteiger partial charge in [-0.1, -0.05) is 11.2 Å². The smallest absolute Gasteiger partial charge is 0.226 e. The largest absolute Gasteiger partial charge is 0.469 e. The van der Waals surface area contributed by atoms with Crippen molar-refractivity contribution < 1.29 is 18.4 Å². The molecule has 12 rings (SSSR count). The lowest BCUT2D eigenvalue weighted by Crippen LogP contribution is -2.46. The van der Waals surface area contributed by atoms with Crippen LogP contribution in [0.5, 0.6) is 0 Å². The van der Waals surface area contributed by atoms with E-state index in [9.17, 15) is 5.26 Å². The molecule has 81 heavy (non-hydrogen) atoms. The Kier molecular flexibility index (Phi) is 18.5. The zero-order chi connectivity index (χ0) is 55.9. The monoisotopic (exact) mass is 1130 g/mol. The maximum Gasteiger partial charge on any atom is 0.226 e. The molecule has 9 aromatic heterocycles. The Bertz CT molecular complexity index is 3580. The molecule has 9 aromatic rings. The standard InChI is InChI=1S/C21H25N5O2.C21H21N5OS.C19H20N4O.ClH/c1-12-8-17(6-7-22-12)18-9-23-21(26-10-13(2)27-14(3)11-26)24-20(18)19-15(4)25-28-16(19)5;1-13-8-16(6-7-23-13)18-10-24-21(26-11-14(2)27-15(3)12-26)25-20(18)19-5-4-17(9-22)28-19;1-14-16(7-11-24-14)18-17(15-6-5-8-20-12-15)13-21-19(22-18)23-9-3-2-4-10-23;/h6-9,13-14H,10-11H2,1-5H3;4-8,10,14-15H,11-12H2,1-3H3;5-8,11-13H,2-4,9-10H2,1H3;1H/t13-,14+;14-,15+;;. The predicted molar refractivity (Wildman–Crippen MR) is 318 cm³/mol. The Balaban J connectivity index is 0.000000146. The van der Waals surface area contributed by atoms with Crippen LogP contribution in [0.1, 0.15) is 80.4 Å². The first-order chi connectivity index (χ1) is 38.8. The van der Waals surface area contributed by atoms with Gasteiger partial charge in [0.1, 0.15) is 22.5 Å². The number of anilines is 3. The Morgan fingerprint density at radius 3 is 1.59 bits per heavy atom. The third kappa shape index (κ3) is 13.6. The van der Waals surface area contributed by atoms with Crippen molar-refractivity contribution in [2.75, 3.05) is 54.0 Å². The van der Waals surface area contributed by atoms with E-state index in [-0.39, 0.29) is 36.8 Å². The fourth-order valence-electron chi connectivity index (χ4n) is 10.5. The summed E-state index contributed by atoms with van der Waals surface area (Å²) in [6, 6.07) is 19.9. The van der Waals surface area contributed by atoms with E-state index in [0.717, 1.165) is 140 Å². The minimum Gasteiger partial charge on any atom is -0.469 e. The fourth-order valence-corrected chi connectivity index (χ4v) is 11.3. The zero-order valence-electron chi connectivity index (χ0n) is 47.2. The number of morpholine rings is 2. The van der Waals surface area contributed by atoms with Gasteiger partial charge >= 0.3 is 0 Å². The molecule has 0 aliphatic carbocycles. The van der Waals surface area contributed by atoms with Gasteiger partial charge in [-0.3, -0.25) is 15.0 Å². The van der Waals surface area contributed by atoms with E-state index in [1.807, 2.05) is 114 Å². The normalized spacial score (nSPS) is 18.0. The average molecular weight is 1130 g/mol. The van der Waals surface area contributed by atoms with Crippen LogP contribution in [0.2, 0.25) is 0 Å². The molecule has 0 radical (unpaired) electrons.